The maximum Gasteiger partial charge on any atom is 0.238 e. The van der Waals surface area contributed by atoms with Crippen molar-refractivity contribution in [2.75, 3.05) is 7.05 Å². The number of halogens is 2. The Kier molecular flexibility index (Phi) is 5.39. The van der Waals surface area contributed by atoms with Crippen LogP contribution in [0.15, 0.2) is 65.8 Å². The van der Waals surface area contributed by atoms with Gasteiger partial charge in [-0.1, -0.05) is 18.2 Å². The Labute approximate surface area is 161 Å². The summed E-state index contributed by atoms with van der Waals surface area (Å²) in [7, 11) is 1.51. The van der Waals surface area contributed by atoms with E-state index in [0.29, 0.717) is 16.7 Å². The number of rotatable bonds is 4. The zero-order valence-electron chi connectivity index (χ0n) is 15.2. The molecule has 1 heterocycles. The Bertz CT molecular complexity index is 1060. The zero-order chi connectivity index (χ0) is 20.3. The van der Waals surface area contributed by atoms with Crippen molar-refractivity contribution in [1.29, 1.82) is 10.5 Å². The third kappa shape index (κ3) is 3.44. The van der Waals surface area contributed by atoms with E-state index in [9.17, 15) is 8.78 Å². The molecule has 5 nitrogen and oxygen atoms in total. The van der Waals surface area contributed by atoms with E-state index in [1.807, 2.05) is 12.1 Å². The molecule has 0 saturated heterocycles. The van der Waals surface area contributed by atoms with Crippen LogP contribution in [0.2, 0.25) is 0 Å². The first-order valence-corrected chi connectivity index (χ1v) is 8.40. The summed E-state index contributed by atoms with van der Waals surface area (Å²) in [6.07, 6.45) is -1.29. The average molecular weight is 378 g/mol. The number of nitriles is 2. The maximum atomic E-state index is 15.0. The molecule has 0 saturated carbocycles. The van der Waals surface area contributed by atoms with Gasteiger partial charge in [-0.25, -0.2) is 14.2 Å². The van der Waals surface area contributed by atoms with E-state index in [1.54, 1.807) is 36.4 Å². The van der Waals surface area contributed by atoms with Crippen LogP contribution in [0, 0.1) is 22.7 Å². The maximum absolute atomic E-state index is 15.0. The van der Waals surface area contributed by atoms with E-state index < -0.39 is 17.9 Å². The van der Waals surface area contributed by atoms with Gasteiger partial charge in [-0.2, -0.15) is 10.5 Å². The first-order chi connectivity index (χ1) is 13.5. The van der Waals surface area contributed by atoms with E-state index in [4.69, 9.17) is 15.3 Å². The molecule has 0 bridgehead atoms. The number of hydrazine groups is 1. The summed E-state index contributed by atoms with van der Waals surface area (Å²) >= 11 is 0. The van der Waals surface area contributed by atoms with Crippen molar-refractivity contribution in [3.8, 4) is 17.9 Å². The second-order valence-corrected chi connectivity index (χ2v) is 6.03. The first-order valence-electron chi connectivity index (χ1n) is 8.40. The lowest BCUT2D eigenvalue weighted by atomic mass is 10.0. The van der Waals surface area contributed by atoms with Crippen LogP contribution in [0.1, 0.15) is 23.6 Å². The molecule has 1 aliphatic rings. The Balaban J connectivity index is 2.08. The lowest BCUT2D eigenvalue weighted by Gasteiger charge is -2.37. The van der Waals surface area contributed by atoms with E-state index in [2.05, 4.69) is 5.43 Å². The minimum Gasteiger partial charge on any atom is -0.462 e. The SMILES string of the molecule is CNN1C(c2cccc(C#N)c2)=C(F)C(C)=C(F)C1Oc1cccc(C#N)c1. The van der Waals surface area contributed by atoms with Crippen molar-refractivity contribution >= 4 is 5.70 Å². The van der Waals surface area contributed by atoms with Gasteiger partial charge in [0.1, 0.15) is 5.75 Å². The summed E-state index contributed by atoms with van der Waals surface area (Å²) in [4.78, 5) is 0. The molecule has 0 radical (unpaired) electrons. The van der Waals surface area contributed by atoms with E-state index in [1.165, 1.54) is 31.1 Å². The van der Waals surface area contributed by atoms with Gasteiger partial charge >= 0.3 is 0 Å². The summed E-state index contributed by atoms with van der Waals surface area (Å²) in [5, 5.41) is 19.4. The van der Waals surface area contributed by atoms with Gasteiger partial charge in [-0.05, 0) is 37.3 Å². The van der Waals surface area contributed by atoms with Crippen molar-refractivity contribution in [2.24, 2.45) is 0 Å². The van der Waals surface area contributed by atoms with Crippen LogP contribution in [0.4, 0.5) is 8.78 Å². The molecule has 0 aliphatic carbocycles. The molecule has 28 heavy (non-hydrogen) atoms. The van der Waals surface area contributed by atoms with Crippen molar-refractivity contribution in [1.82, 2.24) is 10.4 Å². The van der Waals surface area contributed by atoms with Gasteiger partial charge in [0.05, 0.1) is 29.0 Å². The number of allylic oxidation sites excluding steroid dienone is 2. The molecular formula is C21H16F2N4O. The van der Waals surface area contributed by atoms with Crippen molar-refractivity contribution in [2.45, 2.75) is 13.2 Å². The number of benzene rings is 2. The third-order valence-electron chi connectivity index (χ3n) is 4.30. The highest BCUT2D eigenvalue weighted by atomic mass is 19.1. The fourth-order valence-electron chi connectivity index (χ4n) is 2.91. The van der Waals surface area contributed by atoms with Crippen LogP contribution in [0.25, 0.3) is 5.70 Å². The summed E-state index contributed by atoms with van der Waals surface area (Å²) in [5.74, 6) is -1.29. The lowest BCUT2D eigenvalue weighted by molar-refractivity contribution is 0.0468. The standard InChI is InChI=1S/C21H16F2N4O/c1-13-18(22)20(16-7-3-5-14(9-16)11-24)27(26-2)21(19(13)23)28-17-8-4-6-15(10-17)12-25/h3-10,21,26H,1-2H3. The predicted molar refractivity (Wildman–Crippen MR) is 99.5 cm³/mol. The smallest absolute Gasteiger partial charge is 0.238 e. The molecular weight excluding hydrogens is 362 g/mol. The Morgan fingerprint density at radius 3 is 2.32 bits per heavy atom. The molecule has 0 fully saturated rings. The number of hydrogen-bond donors (Lipinski definition) is 1. The molecule has 2 aromatic rings. The van der Waals surface area contributed by atoms with Crippen LogP contribution in [-0.4, -0.2) is 18.3 Å². The van der Waals surface area contributed by atoms with Crippen molar-refractivity contribution < 1.29 is 13.5 Å². The molecule has 140 valence electrons. The number of nitrogens with zero attached hydrogens (tertiary/aromatic N) is 3. The van der Waals surface area contributed by atoms with E-state index in [-0.39, 0.29) is 17.0 Å². The number of nitrogens with one attached hydrogen (secondary N) is 1. The molecule has 0 amide bonds. The first kappa shape index (κ1) is 19.1. The molecule has 7 heteroatoms. The quantitative estimate of drug-likeness (QED) is 0.865. The van der Waals surface area contributed by atoms with Crippen LogP contribution in [0.3, 0.4) is 0 Å². The molecule has 1 N–H and O–H groups in total. The number of ether oxygens (including phenoxy) is 1. The highest BCUT2D eigenvalue weighted by Crippen LogP contribution is 2.38. The molecule has 1 atom stereocenters. The summed E-state index contributed by atoms with van der Waals surface area (Å²) in [5.41, 5.74) is 3.73. The summed E-state index contributed by atoms with van der Waals surface area (Å²) in [6, 6.07) is 16.6. The fourth-order valence-corrected chi connectivity index (χ4v) is 2.91. The third-order valence-corrected chi connectivity index (χ3v) is 4.30. The van der Waals surface area contributed by atoms with Gasteiger partial charge in [-0.15, -0.1) is 0 Å². The Hall–Kier alpha value is -3.68. The molecule has 3 rings (SSSR count). The van der Waals surface area contributed by atoms with Gasteiger partial charge in [0.2, 0.25) is 6.23 Å². The van der Waals surface area contributed by atoms with Gasteiger partial charge in [0, 0.05) is 18.2 Å². The predicted octanol–water partition coefficient (Wildman–Crippen LogP) is 4.17. The van der Waals surface area contributed by atoms with Crippen LogP contribution in [-0.2, 0) is 0 Å². The summed E-state index contributed by atoms with van der Waals surface area (Å²) < 4.78 is 35.7. The van der Waals surface area contributed by atoms with Gasteiger partial charge in [-0.3, -0.25) is 5.01 Å². The van der Waals surface area contributed by atoms with Crippen LogP contribution in [0.5, 0.6) is 5.75 Å². The molecule has 1 aliphatic heterocycles. The van der Waals surface area contributed by atoms with Crippen LogP contribution < -0.4 is 10.2 Å². The Morgan fingerprint density at radius 1 is 1.04 bits per heavy atom. The highest BCUT2D eigenvalue weighted by molar-refractivity contribution is 5.72. The lowest BCUT2D eigenvalue weighted by Crippen LogP contribution is -2.48. The second-order valence-electron chi connectivity index (χ2n) is 6.03. The van der Waals surface area contributed by atoms with Crippen molar-refractivity contribution in [3.63, 3.8) is 0 Å². The Morgan fingerprint density at radius 2 is 1.68 bits per heavy atom. The molecule has 1 unspecified atom stereocenters. The van der Waals surface area contributed by atoms with Crippen LogP contribution >= 0.6 is 0 Å². The van der Waals surface area contributed by atoms with E-state index in [0.717, 1.165) is 0 Å². The summed E-state index contributed by atoms with van der Waals surface area (Å²) in [6.45, 7) is 1.33. The van der Waals surface area contributed by atoms with Crippen molar-refractivity contribution in [3.05, 3.63) is 82.4 Å². The normalized spacial score (nSPS) is 16.6. The largest absolute Gasteiger partial charge is 0.462 e. The fraction of sp³-hybridized carbons (Fsp3) is 0.143. The minimum atomic E-state index is -1.29. The van der Waals surface area contributed by atoms with E-state index >= 15 is 0 Å². The van der Waals surface area contributed by atoms with Gasteiger partial charge in [0.25, 0.3) is 0 Å². The topological polar surface area (TPSA) is 72.1 Å². The molecule has 0 aromatic heterocycles. The minimum absolute atomic E-state index is 0.0555. The molecule has 2 aromatic carbocycles. The van der Waals surface area contributed by atoms with Gasteiger partial charge < -0.3 is 4.74 Å². The number of hydrogen-bond acceptors (Lipinski definition) is 5. The molecule has 0 spiro atoms. The second kappa shape index (κ2) is 7.91. The monoisotopic (exact) mass is 378 g/mol. The average Bonchev–Trinajstić information content (AvgIpc) is 2.74. The highest BCUT2D eigenvalue weighted by Gasteiger charge is 2.36. The van der Waals surface area contributed by atoms with Gasteiger partial charge in [0.15, 0.2) is 11.7 Å². The zero-order valence-corrected chi connectivity index (χ0v) is 15.2.